The number of rotatable bonds is 5. The zero-order valence-electron chi connectivity index (χ0n) is 15.9. The number of hydrogen-bond donors (Lipinski definition) is 2. The molecule has 1 saturated heterocycles. The fourth-order valence-corrected chi connectivity index (χ4v) is 4.59. The van der Waals surface area contributed by atoms with Gasteiger partial charge in [0.1, 0.15) is 4.90 Å². The molecule has 1 aromatic heterocycles. The van der Waals surface area contributed by atoms with Crippen LogP contribution in [0.15, 0.2) is 53.6 Å². The van der Waals surface area contributed by atoms with Crippen LogP contribution in [-0.2, 0) is 16.4 Å². The van der Waals surface area contributed by atoms with E-state index in [1.54, 1.807) is 0 Å². The Morgan fingerprint density at radius 1 is 1.18 bits per heavy atom. The number of benzene rings is 2. The molecule has 0 amide bonds. The molecule has 1 atom stereocenters. The molecule has 0 spiro atoms. The minimum absolute atomic E-state index is 0.0829. The van der Waals surface area contributed by atoms with Crippen molar-refractivity contribution in [3.63, 3.8) is 0 Å². The van der Waals surface area contributed by atoms with E-state index in [1.807, 2.05) is 18.2 Å². The first-order chi connectivity index (χ1) is 13.5. The Morgan fingerprint density at radius 3 is 2.79 bits per heavy atom. The van der Waals surface area contributed by atoms with Gasteiger partial charge in [-0.1, -0.05) is 42.5 Å². The highest BCUT2D eigenvalue weighted by molar-refractivity contribution is 7.90. The van der Waals surface area contributed by atoms with Crippen LogP contribution in [0.4, 0.5) is 5.95 Å². The maximum Gasteiger partial charge on any atom is 0.223 e. The van der Waals surface area contributed by atoms with Crippen LogP contribution >= 0.6 is 0 Å². The van der Waals surface area contributed by atoms with Gasteiger partial charge in [-0.25, -0.2) is 18.4 Å². The largest absolute Gasteiger partial charge is 0.350 e. The summed E-state index contributed by atoms with van der Waals surface area (Å²) in [6.07, 6.45) is 4.60. The Kier molecular flexibility index (Phi) is 5.28. The third kappa shape index (κ3) is 4.00. The second-order valence-electron chi connectivity index (χ2n) is 7.25. The fraction of sp³-hybridized carbons (Fsp3) is 0.333. The molecule has 4 rings (SSSR count). The topological polar surface area (TPSA) is 84.0 Å². The Hall–Kier alpha value is -2.51. The Bertz CT molecular complexity index is 1090. The van der Waals surface area contributed by atoms with Crippen LogP contribution in [0, 0.1) is 0 Å². The molecule has 0 aliphatic carbocycles. The van der Waals surface area contributed by atoms with Crippen molar-refractivity contribution in [2.45, 2.75) is 30.2 Å². The minimum Gasteiger partial charge on any atom is -0.350 e. The van der Waals surface area contributed by atoms with Gasteiger partial charge in [0.2, 0.25) is 5.95 Å². The molecule has 2 aromatic carbocycles. The molecule has 2 heterocycles. The standard InChI is InChI=1S/C21H24N4O2S/c1-28(26,27)19-14-24-21(25-20(19)17-9-5-11-22-12-17)23-13-16-8-4-7-15-6-2-3-10-18(15)16/h2-4,6-8,10,14,17,22H,5,9,11-13H2,1H3,(H,23,24,25). The molecule has 6 nitrogen and oxygen atoms in total. The van der Waals surface area contributed by atoms with Crippen LogP contribution in [-0.4, -0.2) is 37.7 Å². The lowest BCUT2D eigenvalue weighted by molar-refractivity contribution is 0.448. The van der Waals surface area contributed by atoms with Gasteiger partial charge in [0, 0.05) is 25.3 Å². The van der Waals surface area contributed by atoms with Crippen molar-refractivity contribution in [3.8, 4) is 0 Å². The number of hydrogen-bond acceptors (Lipinski definition) is 6. The van der Waals surface area contributed by atoms with E-state index >= 15 is 0 Å². The molecule has 1 fully saturated rings. The molecule has 0 bridgehead atoms. The molecule has 0 radical (unpaired) electrons. The highest BCUT2D eigenvalue weighted by atomic mass is 32.2. The first kappa shape index (κ1) is 18.8. The van der Waals surface area contributed by atoms with Crippen molar-refractivity contribution in [1.29, 1.82) is 0 Å². The van der Waals surface area contributed by atoms with Crippen molar-refractivity contribution in [3.05, 3.63) is 59.9 Å². The van der Waals surface area contributed by atoms with Gasteiger partial charge < -0.3 is 10.6 Å². The molecule has 3 aromatic rings. The molecule has 1 aliphatic rings. The number of aromatic nitrogens is 2. The highest BCUT2D eigenvalue weighted by Gasteiger charge is 2.25. The summed E-state index contributed by atoms with van der Waals surface area (Å²) in [5, 5.41) is 8.97. The second-order valence-corrected chi connectivity index (χ2v) is 9.23. The average molecular weight is 397 g/mol. The van der Waals surface area contributed by atoms with E-state index in [2.05, 4.69) is 44.9 Å². The summed E-state index contributed by atoms with van der Waals surface area (Å²) < 4.78 is 24.4. The molecular formula is C21H24N4O2S. The van der Waals surface area contributed by atoms with Gasteiger partial charge in [0.25, 0.3) is 0 Å². The lowest BCUT2D eigenvalue weighted by Crippen LogP contribution is -2.30. The van der Waals surface area contributed by atoms with Crippen LogP contribution in [0.1, 0.15) is 30.0 Å². The van der Waals surface area contributed by atoms with Gasteiger partial charge in [0.05, 0.1) is 11.9 Å². The van der Waals surface area contributed by atoms with E-state index in [1.165, 1.54) is 23.2 Å². The summed E-state index contributed by atoms with van der Waals surface area (Å²) >= 11 is 0. The van der Waals surface area contributed by atoms with Gasteiger partial charge in [-0.2, -0.15) is 0 Å². The third-order valence-electron chi connectivity index (χ3n) is 5.18. The zero-order chi connectivity index (χ0) is 19.6. The molecule has 7 heteroatoms. The maximum atomic E-state index is 12.2. The minimum atomic E-state index is -3.38. The Morgan fingerprint density at radius 2 is 2.00 bits per heavy atom. The number of anilines is 1. The van der Waals surface area contributed by atoms with Crippen molar-refractivity contribution >= 4 is 26.6 Å². The van der Waals surface area contributed by atoms with Crippen LogP contribution in [0.2, 0.25) is 0 Å². The third-order valence-corrected chi connectivity index (χ3v) is 6.30. The van der Waals surface area contributed by atoms with E-state index in [0.717, 1.165) is 31.5 Å². The highest BCUT2D eigenvalue weighted by Crippen LogP contribution is 2.28. The van der Waals surface area contributed by atoms with Crippen LogP contribution in [0.3, 0.4) is 0 Å². The number of nitrogens with zero attached hydrogens (tertiary/aromatic N) is 2. The molecule has 1 aliphatic heterocycles. The van der Waals surface area contributed by atoms with Crippen LogP contribution in [0.5, 0.6) is 0 Å². The molecule has 1 unspecified atom stereocenters. The summed E-state index contributed by atoms with van der Waals surface area (Å²) in [6.45, 7) is 2.27. The zero-order valence-corrected chi connectivity index (χ0v) is 16.7. The first-order valence-corrected chi connectivity index (χ1v) is 11.4. The van der Waals surface area contributed by atoms with Crippen LogP contribution in [0.25, 0.3) is 10.8 Å². The van der Waals surface area contributed by atoms with Crippen LogP contribution < -0.4 is 10.6 Å². The summed E-state index contributed by atoms with van der Waals surface area (Å²) in [5.41, 5.74) is 1.76. The summed E-state index contributed by atoms with van der Waals surface area (Å²) in [5.74, 6) is 0.542. The summed E-state index contributed by atoms with van der Waals surface area (Å²) in [7, 11) is -3.38. The molecule has 28 heavy (non-hydrogen) atoms. The monoisotopic (exact) mass is 396 g/mol. The fourth-order valence-electron chi connectivity index (χ4n) is 3.75. The van der Waals surface area contributed by atoms with E-state index in [9.17, 15) is 8.42 Å². The SMILES string of the molecule is CS(=O)(=O)c1cnc(NCc2cccc3ccccc23)nc1C1CCCNC1. The molecular weight excluding hydrogens is 372 g/mol. The number of sulfone groups is 1. The predicted octanol–water partition coefficient (Wildman–Crippen LogP) is 3.11. The molecule has 146 valence electrons. The molecule has 2 N–H and O–H groups in total. The smallest absolute Gasteiger partial charge is 0.223 e. The first-order valence-electron chi connectivity index (χ1n) is 9.50. The Balaban J connectivity index is 1.63. The van der Waals surface area contributed by atoms with Crippen molar-refractivity contribution in [2.24, 2.45) is 0 Å². The second kappa shape index (κ2) is 7.85. The van der Waals surface area contributed by atoms with E-state index in [0.29, 0.717) is 18.2 Å². The van der Waals surface area contributed by atoms with E-state index < -0.39 is 9.84 Å². The van der Waals surface area contributed by atoms with Crippen molar-refractivity contribution in [2.75, 3.05) is 24.7 Å². The summed E-state index contributed by atoms with van der Waals surface area (Å²) in [4.78, 5) is 9.12. The van der Waals surface area contributed by atoms with Gasteiger partial charge in [-0.05, 0) is 35.7 Å². The lowest BCUT2D eigenvalue weighted by atomic mass is 9.96. The van der Waals surface area contributed by atoms with Crippen molar-refractivity contribution < 1.29 is 8.42 Å². The maximum absolute atomic E-state index is 12.2. The van der Waals surface area contributed by atoms with Gasteiger partial charge in [0.15, 0.2) is 9.84 Å². The quantitative estimate of drug-likeness (QED) is 0.689. The normalized spacial score (nSPS) is 17.5. The van der Waals surface area contributed by atoms with E-state index in [-0.39, 0.29) is 10.8 Å². The van der Waals surface area contributed by atoms with Gasteiger partial charge >= 0.3 is 0 Å². The molecule has 0 saturated carbocycles. The van der Waals surface area contributed by atoms with Gasteiger partial charge in [-0.15, -0.1) is 0 Å². The number of fused-ring (bicyclic) bond motifs is 1. The van der Waals surface area contributed by atoms with Gasteiger partial charge in [-0.3, -0.25) is 0 Å². The number of piperidine rings is 1. The average Bonchev–Trinajstić information content (AvgIpc) is 2.72. The predicted molar refractivity (Wildman–Crippen MR) is 111 cm³/mol. The number of nitrogens with one attached hydrogen (secondary N) is 2. The van der Waals surface area contributed by atoms with E-state index in [4.69, 9.17) is 0 Å². The lowest BCUT2D eigenvalue weighted by Gasteiger charge is -2.24. The van der Waals surface area contributed by atoms with Crippen molar-refractivity contribution in [1.82, 2.24) is 15.3 Å². The Labute approximate surface area is 165 Å². The summed E-state index contributed by atoms with van der Waals surface area (Å²) in [6, 6.07) is 14.4.